The normalized spacial score (nSPS) is 11.0. The lowest BCUT2D eigenvalue weighted by molar-refractivity contribution is 0.391. The summed E-state index contributed by atoms with van der Waals surface area (Å²) in [5, 5.41) is 11.4. The van der Waals surface area contributed by atoms with Gasteiger partial charge in [0.05, 0.1) is 5.75 Å². The van der Waals surface area contributed by atoms with Gasteiger partial charge in [0.25, 0.3) is 0 Å². The number of rotatable bonds is 5. The Kier molecular flexibility index (Phi) is 3.96. The SMILES string of the molecule is CCc1nc(SCc2nc(-c3ccc(F)cc3)no2)n[nH]1. The van der Waals surface area contributed by atoms with Crippen LogP contribution in [0, 0.1) is 5.82 Å². The third kappa shape index (κ3) is 3.27. The molecule has 0 aliphatic rings. The summed E-state index contributed by atoms with van der Waals surface area (Å²) in [7, 11) is 0. The van der Waals surface area contributed by atoms with E-state index in [1.165, 1.54) is 23.9 Å². The van der Waals surface area contributed by atoms with Crippen molar-refractivity contribution < 1.29 is 8.91 Å². The topological polar surface area (TPSA) is 80.5 Å². The highest BCUT2D eigenvalue weighted by molar-refractivity contribution is 7.98. The molecule has 0 spiro atoms. The maximum Gasteiger partial charge on any atom is 0.237 e. The van der Waals surface area contributed by atoms with Crippen LogP contribution in [0.5, 0.6) is 0 Å². The van der Waals surface area contributed by atoms with Crippen molar-refractivity contribution >= 4 is 11.8 Å². The van der Waals surface area contributed by atoms with E-state index in [4.69, 9.17) is 4.52 Å². The van der Waals surface area contributed by atoms with Gasteiger partial charge in [-0.1, -0.05) is 23.8 Å². The van der Waals surface area contributed by atoms with Crippen LogP contribution in [0.4, 0.5) is 4.39 Å². The van der Waals surface area contributed by atoms with Crippen molar-refractivity contribution in [2.24, 2.45) is 0 Å². The van der Waals surface area contributed by atoms with Crippen molar-refractivity contribution in [3.63, 3.8) is 0 Å². The van der Waals surface area contributed by atoms with E-state index < -0.39 is 0 Å². The predicted octanol–water partition coefficient (Wildman–Crippen LogP) is 2.85. The number of nitrogens with zero attached hydrogens (tertiary/aromatic N) is 4. The molecule has 1 aromatic carbocycles. The molecular weight excluding hydrogens is 293 g/mol. The Balaban J connectivity index is 1.66. The van der Waals surface area contributed by atoms with Gasteiger partial charge in [0, 0.05) is 12.0 Å². The fraction of sp³-hybridized carbons (Fsp3) is 0.231. The molecule has 0 saturated carbocycles. The Morgan fingerprint density at radius 3 is 2.76 bits per heavy atom. The standard InChI is InChI=1S/C13H12FN5OS/c1-2-10-15-13(18-17-10)21-7-11-16-12(19-20-11)8-3-5-9(14)6-4-8/h3-6H,2,7H2,1H3,(H,15,17,18). The van der Waals surface area contributed by atoms with E-state index in [1.807, 2.05) is 6.92 Å². The second-order valence-electron chi connectivity index (χ2n) is 4.23. The lowest BCUT2D eigenvalue weighted by Gasteiger charge is -1.92. The molecule has 6 nitrogen and oxygen atoms in total. The van der Waals surface area contributed by atoms with Crippen LogP contribution >= 0.6 is 11.8 Å². The van der Waals surface area contributed by atoms with E-state index in [1.54, 1.807) is 12.1 Å². The molecule has 0 fully saturated rings. The van der Waals surface area contributed by atoms with Gasteiger partial charge in [-0.2, -0.15) is 4.98 Å². The van der Waals surface area contributed by atoms with E-state index >= 15 is 0 Å². The van der Waals surface area contributed by atoms with E-state index in [2.05, 4.69) is 25.3 Å². The molecule has 21 heavy (non-hydrogen) atoms. The summed E-state index contributed by atoms with van der Waals surface area (Å²) < 4.78 is 18.0. The Morgan fingerprint density at radius 2 is 2.05 bits per heavy atom. The molecule has 0 atom stereocenters. The molecule has 0 aliphatic heterocycles. The molecule has 1 N–H and O–H groups in total. The number of aromatic amines is 1. The molecule has 2 aromatic heterocycles. The highest BCUT2D eigenvalue weighted by atomic mass is 32.2. The maximum absolute atomic E-state index is 12.9. The minimum absolute atomic E-state index is 0.297. The molecule has 0 unspecified atom stereocenters. The van der Waals surface area contributed by atoms with Gasteiger partial charge in [0.15, 0.2) is 0 Å². The highest BCUT2D eigenvalue weighted by Crippen LogP contribution is 2.21. The van der Waals surface area contributed by atoms with Crippen LogP contribution in [0.2, 0.25) is 0 Å². The Hall–Kier alpha value is -2.22. The highest BCUT2D eigenvalue weighted by Gasteiger charge is 2.10. The summed E-state index contributed by atoms with van der Waals surface area (Å²) >= 11 is 1.41. The second-order valence-corrected chi connectivity index (χ2v) is 5.17. The lowest BCUT2D eigenvalue weighted by atomic mass is 10.2. The second kappa shape index (κ2) is 6.04. The summed E-state index contributed by atoms with van der Waals surface area (Å²) in [6.45, 7) is 2.00. The summed E-state index contributed by atoms with van der Waals surface area (Å²) in [6.07, 6.45) is 0.808. The molecule has 0 radical (unpaired) electrons. The first-order chi connectivity index (χ1) is 10.2. The number of halogens is 1. The predicted molar refractivity (Wildman–Crippen MR) is 75.0 cm³/mol. The van der Waals surface area contributed by atoms with E-state index in [-0.39, 0.29) is 5.82 Å². The van der Waals surface area contributed by atoms with Gasteiger partial charge in [-0.25, -0.2) is 9.37 Å². The van der Waals surface area contributed by atoms with Gasteiger partial charge >= 0.3 is 0 Å². The van der Waals surface area contributed by atoms with Crippen molar-refractivity contribution in [1.82, 2.24) is 25.3 Å². The first-order valence-electron chi connectivity index (χ1n) is 6.37. The fourth-order valence-corrected chi connectivity index (χ4v) is 2.31. The maximum atomic E-state index is 12.9. The molecule has 0 bridgehead atoms. The van der Waals surface area contributed by atoms with Crippen LogP contribution in [0.25, 0.3) is 11.4 Å². The van der Waals surface area contributed by atoms with E-state index in [9.17, 15) is 4.39 Å². The lowest BCUT2D eigenvalue weighted by Crippen LogP contribution is -1.84. The zero-order valence-electron chi connectivity index (χ0n) is 11.2. The first kappa shape index (κ1) is 13.7. The van der Waals surface area contributed by atoms with Crippen LogP contribution < -0.4 is 0 Å². The van der Waals surface area contributed by atoms with Crippen LogP contribution in [0.15, 0.2) is 33.9 Å². The van der Waals surface area contributed by atoms with Crippen LogP contribution in [0.3, 0.4) is 0 Å². The number of nitrogens with one attached hydrogen (secondary N) is 1. The number of aryl methyl sites for hydroxylation is 1. The van der Waals surface area contributed by atoms with Gasteiger partial charge in [-0.15, -0.1) is 5.10 Å². The number of aromatic nitrogens is 5. The summed E-state index contributed by atoms with van der Waals surface area (Å²) in [5.41, 5.74) is 0.711. The van der Waals surface area contributed by atoms with Crippen molar-refractivity contribution in [3.8, 4) is 11.4 Å². The smallest absolute Gasteiger partial charge is 0.237 e. The monoisotopic (exact) mass is 305 g/mol. The molecular formula is C13H12FN5OS. The van der Waals surface area contributed by atoms with Gasteiger partial charge in [0.2, 0.25) is 16.9 Å². The number of H-pyrrole nitrogens is 1. The summed E-state index contributed by atoms with van der Waals surface area (Å²) in [4.78, 5) is 8.55. The van der Waals surface area contributed by atoms with Gasteiger partial charge < -0.3 is 4.52 Å². The molecule has 108 valence electrons. The van der Waals surface area contributed by atoms with Crippen molar-refractivity contribution in [2.75, 3.05) is 0 Å². The van der Waals surface area contributed by atoms with Crippen molar-refractivity contribution in [1.29, 1.82) is 0 Å². The Labute approximate surface area is 124 Å². The molecule has 8 heteroatoms. The van der Waals surface area contributed by atoms with Crippen LogP contribution in [-0.4, -0.2) is 25.3 Å². The largest absolute Gasteiger partial charge is 0.338 e. The van der Waals surface area contributed by atoms with Gasteiger partial charge in [-0.05, 0) is 24.3 Å². The number of thioether (sulfide) groups is 1. The third-order valence-corrected chi connectivity index (χ3v) is 3.57. The molecule has 3 aromatic rings. The Morgan fingerprint density at radius 1 is 1.24 bits per heavy atom. The van der Waals surface area contributed by atoms with Crippen LogP contribution in [0.1, 0.15) is 18.6 Å². The average molecular weight is 305 g/mol. The van der Waals surface area contributed by atoms with E-state index in [0.717, 1.165) is 12.2 Å². The molecule has 3 rings (SSSR count). The van der Waals surface area contributed by atoms with E-state index in [0.29, 0.717) is 28.2 Å². The average Bonchev–Trinajstić information content (AvgIpc) is 3.15. The molecule has 0 saturated heterocycles. The minimum atomic E-state index is -0.297. The molecule has 2 heterocycles. The summed E-state index contributed by atoms with van der Waals surface area (Å²) in [5.74, 6) is 1.94. The van der Waals surface area contributed by atoms with Crippen molar-refractivity contribution in [2.45, 2.75) is 24.3 Å². The van der Waals surface area contributed by atoms with Crippen LogP contribution in [-0.2, 0) is 12.2 Å². The molecule has 0 amide bonds. The van der Waals surface area contributed by atoms with Gasteiger partial charge in [-0.3, -0.25) is 5.10 Å². The zero-order chi connectivity index (χ0) is 14.7. The Bertz CT molecular complexity index is 724. The molecule has 0 aliphatic carbocycles. The zero-order valence-corrected chi connectivity index (χ0v) is 12.0. The minimum Gasteiger partial charge on any atom is -0.338 e. The quantitative estimate of drug-likeness (QED) is 0.730. The summed E-state index contributed by atoms with van der Waals surface area (Å²) in [6, 6.07) is 5.94. The van der Waals surface area contributed by atoms with Crippen molar-refractivity contribution in [3.05, 3.63) is 41.8 Å². The number of hydrogen-bond donors (Lipinski definition) is 1. The van der Waals surface area contributed by atoms with Gasteiger partial charge in [0.1, 0.15) is 11.6 Å². The third-order valence-electron chi connectivity index (χ3n) is 2.74. The number of hydrogen-bond acceptors (Lipinski definition) is 6. The number of benzene rings is 1. The first-order valence-corrected chi connectivity index (χ1v) is 7.35. The fourth-order valence-electron chi connectivity index (χ4n) is 1.66.